The van der Waals surface area contributed by atoms with Crippen LogP contribution in [0.1, 0.15) is 12.8 Å². The Hall–Kier alpha value is -1.27. The Morgan fingerprint density at radius 1 is 1.31 bits per heavy atom. The summed E-state index contributed by atoms with van der Waals surface area (Å²) in [5.41, 5.74) is 2.79. The van der Waals surface area contributed by atoms with Gasteiger partial charge < -0.3 is 10.6 Å². The first-order valence-electron chi connectivity index (χ1n) is 5.11. The van der Waals surface area contributed by atoms with E-state index < -0.39 is 0 Å². The van der Waals surface area contributed by atoms with Crippen molar-refractivity contribution in [1.29, 1.82) is 0 Å². The van der Waals surface area contributed by atoms with E-state index >= 15 is 0 Å². The summed E-state index contributed by atoms with van der Waals surface area (Å²) in [7, 11) is 0. The molecule has 1 aliphatic rings. The van der Waals surface area contributed by atoms with Gasteiger partial charge in [0.25, 0.3) is 0 Å². The number of fused-ring (bicyclic) bond motifs is 1. The van der Waals surface area contributed by atoms with Crippen LogP contribution in [0, 0.1) is 0 Å². The minimum atomic E-state index is 0.574. The number of hydrogen-bond acceptors (Lipinski definition) is 4. The fourth-order valence-corrected chi connectivity index (χ4v) is 2.24. The summed E-state index contributed by atoms with van der Waals surface area (Å²) < 4.78 is 8.34. The van der Waals surface area contributed by atoms with Crippen molar-refractivity contribution in [2.24, 2.45) is 0 Å². The van der Waals surface area contributed by atoms with Gasteiger partial charge in [-0.2, -0.15) is 8.75 Å². The molecule has 1 aliphatic carbocycles. The van der Waals surface area contributed by atoms with Crippen LogP contribution in [0.15, 0.2) is 18.2 Å². The molecular formula is C10H10N4S2. The van der Waals surface area contributed by atoms with E-state index in [2.05, 4.69) is 19.4 Å². The first kappa shape index (κ1) is 9.92. The number of nitrogens with one attached hydrogen (secondary N) is 2. The molecule has 6 heteroatoms. The van der Waals surface area contributed by atoms with Gasteiger partial charge in [0, 0.05) is 11.7 Å². The summed E-state index contributed by atoms with van der Waals surface area (Å²) in [6, 6.07) is 6.44. The molecule has 1 fully saturated rings. The van der Waals surface area contributed by atoms with Crippen molar-refractivity contribution in [3.63, 3.8) is 0 Å². The van der Waals surface area contributed by atoms with Crippen LogP contribution >= 0.6 is 23.9 Å². The van der Waals surface area contributed by atoms with Crippen LogP contribution in [-0.2, 0) is 0 Å². The molecule has 3 rings (SSSR count). The number of rotatable bonds is 2. The van der Waals surface area contributed by atoms with Crippen molar-refractivity contribution in [2.75, 3.05) is 5.32 Å². The zero-order valence-electron chi connectivity index (χ0n) is 8.43. The predicted molar refractivity (Wildman–Crippen MR) is 69.8 cm³/mol. The van der Waals surface area contributed by atoms with Crippen molar-refractivity contribution < 1.29 is 0 Å². The number of anilines is 1. The average Bonchev–Trinajstić information content (AvgIpc) is 2.95. The summed E-state index contributed by atoms with van der Waals surface area (Å²) in [5, 5.41) is 7.07. The second-order valence-electron chi connectivity index (χ2n) is 3.84. The topological polar surface area (TPSA) is 49.8 Å². The van der Waals surface area contributed by atoms with E-state index in [1.165, 1.54) is 24.6 Å². The molecule has 0 amide bonds. The summed E-state index contributed by atoms with van der Waals surface area (Å²) in [5.74, 6) is 0. The lowest BCUT2D eigenvalue weighted by Crippen LogP contribution is -2.30. The van der Waals surface area contributed by atoms with Gasteiger partial charge in [0.05, 0.1) is 11.7 Å². The molecular weight excluding hydrogens is 240 g/mol. The lowest BCUT2D eigenvalue weighted by molar-refractivity contribution is 0.919. The quantitative estimate of drug-likeness (QED) is 0.800. The molecule has 4 nitrogen and oxygen atoms in total. The third-order valence-electron chi connectivity index (χ3n) is 2.42. The summed E-state index contributed by atoms with van der Waals surface area (Å²) in [6.45, 7) is 0. The van der Waals surface area contributed by atoms with Crippen LogP contribution < -0.4 is 10.6 Å². The Morgan fingerprint density at radius 2 is 2.12 bits per heavy atom. The number of hydrogen-bond donors (Lipinski definition) is 2. The maximum absolute atomic E-state index is 5.20. The molecule has 0 atom stereocenters. The Kier molecular flexibility index (Phi) is 2.45. The van der Waals surface area contributed by atoms with Crippen molar-refractivity contribution in [3.05, 3.63) is 18.2 Å². The lowest BCUT2D eigenvalue weighted by Gasteiger charge is -2.08. The maximum atomic E-state index is 5.20. The first-order chi connectivity index (χ1) is 7.81. The molecule has 82 valence electrons. The standard InChI is InChI=1S/C10H10N4S2/c15-10(11-6-1-2-6)12-7-3-4-8-9(5-7)14-16-13-8/h3-6H,1-2H2,(H2,11,12,15). The molecule has 2 aromatic rings. The van der Waals surface area contributed by atoms with Gasteiger partial charge in [0.2, 0.25) is 0 Å². The molecule has 1 saturated carbocycles. The average molecular weight is 250 g/mol. The summed E-state index contributed by atoms with van der Waals surface area (Å²) in [6.07, 6.45) is 2.44. The van der Waals surface area contributed by atoms with Gasteiger partial charge in [-0.05, 0) is 43.3 Å². The van der Waals surface area contributed by atoms with E-state index in [9.17, 15) is 0 Å². The van der Waals surface area contributed by atoms with Gasteiger partial charge in [-0.15, -0.1) is 0 Å². The Labute approximate surface area is 102 Å². The SMILES string of the molecule is S=C(Nc1ccc2nsnc2c1)NC1CC1. The van der Waals surface area contributed by atoms with E-state index in [-0.39, 0.29) is 0 Å². The van der Waals surface area contributed by atoms with E-state index in [0.29, 0.717) is 11.2 Å². The highest BCUT2D eigenvalue weighted by molar-refractivity contribution is 7.80. The smallest absolute Gasteiger partial charge is 0.170 e. The normalized spacial score (nSPS) is 15.0. The van der Waals surface area contributed by atoms with E-state index in [4.69, 9.17) is 12.2 Å². The minimum absolute atomic E-state index is 0.574. The van der Waals surface area contributed by atoms with Crippen LogP contribution in [0.5, 0.6) is 0 Å². The summed E-state index contributed by atoms with van der Waals surface area (Å²) >= 11 is 6.42. The van der Waals surface area contributed by atoms with Crippen LogP contribution in [0.25, 0.3) is 11.0 Å². The van der Waals surface area contributed by atoms with Crippen LogP contribution in [0.2, 0.25) is 0 Å². The second kappa shape index (κ2) is 3.95. The molecule has 0 aliphatic heterocycles. The first-order valence-corrected chi connectivity index (χ1v) is 6.25. The predicted octanol–water partition coefficient (Wildman–Crippen LogP) is 2.14. The van der Waals surface area contributed by atoms with Gasteiger partial charge >= 0.3 is 0 Å². The molecule has 1 heterocycles. The fourth-order valence-electron chi connectivity index (χ4n) is 1.44. The van der Waals surface area contributed by atoms with E-state index in [0.717, 1.165) is 16.7 Å². The number of nitrogens with zero attached hydrogens (tertiary/aromatic N) is 2. The molecule has 0 radical (unpaired) electrons. The zero-order valence-corrected chi connectivity index (χ0v) is 10.1. The molecule has 0 bridgehead atoms. The highest BCUT2D eigenvalue weighted by atomic mass is 32.1. The van der Waals surface area contributed by atoms with Gasteiger partial charge in [0.15, 0.2) is 5.11 Å². The van der Waals surface area contributed by atoms with Gasteiger partial charge in [0.1, 0.15) is 11.0 Å². The highest BCUT2D eigenvalue weighted by Crippen LogP contribution is 2.20. The van der Waals surface area contributed by atoms with Crippen LogP contribution in [0.4, 0.5) is 5.69 Å². The van der Waals surface area contributed by atoms with Crippen molar-refractivity contribution in [3.8, 4) is 0 Å². The molecule has 1 aromatic carbocycles. The molecule has 0 saturated heterocycles. The van der Waals surface area contributed by atoms with Gasteiger partial charge in [-0.25, -0.2) is 0 Å². The molecule has 0 spiro atoms. The second-order valence-corrected chi connectivity index (χ2v) is 4.78. The lowest BCUT2D eigenvalue weighted by atomic mass is 10.3. The Balaban J connectivity index is 1.74. The Bertz CT molecular complexity index is 532. The van der Waals surface area contributed by atoms with Gasteiger partial charge in [-0.1, -0.05) is 0 Å². The zero-order chi connectivity index (χ0) is 11.0. The van der Waals surface area contributed by atoms with Crippen molar-refractivity contribution in [2.45, 2.75) is 18.9 Å². The van der Waals surface area contributed by atoms with Crippen LogP contribution in [0.3, 0.4) is 0 Å². The van der Waals surface area contributed by atoms with Crippen LogP contribution in [-0.4, -0.2) is 19.9 Å². The van der Waals surface area contributed by atoms with Gasteiger partial charge in [-0.3, -0.25) is 0 Å². The molecule has 1 aromatic heterocycles. The van der Waals surface area contributed by atoms with Crippen molar-refractivity contribution in [1.82, 2.24) is 14.1 Å². The molecule has 16 heavy (non-hydrogen) atoms. The fraction of sp³-hybridized carbons (Fsp3) is 0.300. The van der Waals surface area contributed by atoms with E-state index in [1.54, 1.807) is 0 Å². The third kappa shape index (κ3) is 2.12. The third-order valence-corrected chi connectivity index (χ3v) is 3.20. The number of aromatic nitrogens is 2. The largest absolute Gasteiger partial charge is 0.360 e. The van der Waals surface area contributed by atoms with E-state index in [1.807, 2.05) is 18.2 Å². The highest BCUT2D eigenvalue weighted by Gasteiger charge is 2.21. The number of benzene rings is 1. The maximum Gasteiger partial charge on any atom is 0.170 e. The molecule has 2 N–H and O–H groups in total. The monoisotopic (exact) mass is 250 g/mol. The summed E-state index contributed by atoms with van der Waals surface area (Å²) in [4.78, 5) is 0. The Morgan fingerprint density at radius 3 is 2.94 bits per heavy atom. The number of thiocarbonyl (C=S) groups is 1. The van der Waals surface area contributed by atoms with Crippen molar-refractivity contribution >= 4 is 45.8 Å². The minimum Gasteiger partial charge on any atom is -0.360 e. The molecule has 0 unspecified atom stereocenters.